The number of carboxylic acids is 1. The lowest BCUT2D eigenvalue weighted by molar-refractivity contribution is -0.137. The molecule has 146 valence electrons. The van der Waals surface area contributed by atoms with E-state index in [1.807, 2.05) is 25.3 Å². The number of carboxylic acid groups (broad SMARTS) is 1. The van der Waals surface area contributed by atoms with Gasteiger partial charge in [0.05, 0.1) is 17.6 Å². The third-order valence-corrected chi connectivity index (χ3v) is 6.93. The molecular formula is C22H23ClN2O2S. The zero-order chi connectivity index (χ0) is 20.0. The molecule has 0 spiro atoms. The molecule has 0 aliphatic carbocycles. The highest BCUT2D eigenvalue weighted by Gasteiger charge is 2.32. The van der Waals surface area contributed by atoms with Gasteiger partial charge in [-0.2, -0.15) is 0 Å². The Labute approximate surface area is 173 Å². The van der Waals surface area contributed by atoms with Crippen LogP contribution in [0.5, 0.6) is 0 Å². The lowest BCUT2D eigenvalue weighted by Gasteiger charge is -2.13. The van der Waals surface area contributed by atoms with Crippen molar-refractivity contribution in [2.75, 3.05) is 0 Å². The summed E-state index contributed by atoms with van der Waals surface area (Å²) in [7, 11) is 0. The van der Waals surface area contributed by atoms with Crippen molar-refractivity contribution in [1.82, 2.24) is 9.55 Å². The first-order valence-electron chi connectivity index (χ1n) is 9.53. The van der Waals surface area contributed by atoms with Crippen LogP contribution in [0.1, 0.15) is 55.5 Å². The zero-order valence-electron chi connectivity index (χ0n) is 16.2. The summed E-state index contributed by atoms with van der Waals surface area (Å²) in [6.45, 7) is 7.14. The van der Waals surface area contributed by atoms with Crippen LogP contribution in [0.25, 0.3) is 10.9 Å². The normalized spacial score (nSPS) is 16.1. The zero-order valence-corrected chi connectivity index (χ0v) is 17.8. The minimum Gasteiger partial charge on any atom is -0.481 e. The van der Waals surface area contributed by atoms with Gasteiger partial charge in [0.1, 0.15) is 0 Å². The van der Waals surface area contributed by atoms with Crippen LogP contribution in [0.2, 0.25) is 5.02 Å². The van der Waals surface area contributed by atoms with E-state index >= 15 is 0 Å². The van der Waals surface area contributed by atoms with Gasteiger partial charge in [0.2, 0.25) is 0 Å². The summed E-state index contributed by atoms with van der Waals surface area (Å²) in [6.07, 6.45) is 2.88. The number of rotatable bonds is 5. The third kappa shape index (κ3) is 3.31. The Morgan fingerprint density at radius 2 is 2.18 bits per heavy atom. The molecule has 4 nitrogen and oxygen atoms in total. The molecule has 0 saturated carbocycles. The predicted molar refractivity (Wildman–Crippen MR) is 114 cm³/mol. The highest BCUT2D eigenvalue weighted by atomic mass is 35.5. The standard InChI is InChI=1S/C22H23ClN2O2S/c1-12(2)20-19-17(6-8-24-20)25-9-7-14(10-18(26)27)21(25)22(19)28-15-5-4-13(3)16(23)11-15/h4-6,8,11-12,14H,7,9-10H2,1-3H3,(H,26,27). The molecule has 0 fully saturated rings. The molecule has 0 saturated heterocycles. The number of benzene rings is 1. The summed E-state index contributed by atoms with van der Waals surface area (Å²) < 4.78 is 2.30. The van der Waals surface area contributed by atoms with Gasteiger partial charge >= 0.3 is 5.97 Å². The van der Waals surface area contributed by atoms with Gasteiger partial charge in [0, 0.05) is 44.6 Å². The second kappa shape index (κ2) is 7.45. The van der Waals surface area contributed by atoms with E-state index in [1.54, 1.807) is 11.8 Å². The van der Waals surface area contributed by atoms with E-state index in [-0.39, 0.29) is 18.3 Å². The number of nitrogens with zero attached hydrogens (tertiary/aromatic N) is 2. The molecule has 1 aromatic carbocycles. The Bertz CT molecular complexity index is 1070. The van der Waals surface area contributed by atoms with Crippen molar-refractivity contribution in [3.05, 3.63) is 52.4 Å². The lowest BCUT2D eigenvalue weighted by atomic mass is 9.99. The molecule has 1 aliphatic rings. The maximum Gasteiger partial charge on any atom is 0.304 e. The number of aryl methyl sites for hydroxylation is 2. The second-order valence-corrected chi connectivity index (χ2v) is 9.20. The van der Waals surface area contributed by atoms with Gasteiger partial charge in [-0.3, -0.25) is 9.78 Å². The van der Waals surface area contributed by atoms with Gasteiger partial charge in [0.25, 0.3) is 0 Å². The van der Waals surface area contributed by atoms with Crippen LogP contribution in [-0.4, -0.2) is 20.6 Å². The summed E-state index contributed by atoms with van der Waals surface area (Å²) in [5.74, 6) is -0.445. The SMILES string of the molecule is Cc1ccc(Sc2c3n(c4ccnc(C(C)C)c24)CCC3CC(=O)O)cc1Cl. The Hall–Kier alpha value is -1.98. The number of halogens is 1. The average molecular weight is 415 g/mol. The molecule has 3 heterocycles. The fraction of sp³-hybridized carbons (Fsp3) is 0.364. The van der Waals surface area contributed by atoms with Crippen molar-refractivity contribution in [3.8, 4) is 0 Å². The maximum atomic E-state index is 11.5. The summed E-state index contributed by atoms with van der Waals surface area (Å²) in [4.78, 5) is 18.3. The molecule has 3 aromatic rings. The summed E-state index contributed by atoms with van der Waals surface area (Å²) in [5.41, 5.74) is 4.40. The van der Waals surface area contributed by atoms with Gasteiger partial charge < -0.3 is 9.67 Å². The van der Waals surface area contributed by atoms with Gasteiger partial charge in [0.15, 0.2) is 0 Å². The van der Waals surface area contributed by atoms with Crippen LogP contribution >= 0.6 is 23.4 Å². The molecule has 0 radical (unpaired) electrons. The van der Waals surface area contributed by atoms with Crippen LogP contribution in [0.3, 0.4) is 0 Å². The van der Waals surface area contributed by atoms with Crippen molar-refractivity contribution >= 4 is 40.2 Å². The van der Waals surface area contributed by atoms with E-state index in [2.05, 4.69) is 35.5 Å². The van der Waals surface area contributed by atoms with Crippen molar-refractivity contribution in [2.24, 2.45) is 0 Å². The van der Waals surface area contributed by atoms with E-state index in [9.17, 15) is 9.90 Å². The minimum atomic E-state index is -0.750. The third-order valence-electron chi connectivity index (χ3n) is 5.42. The molecule has 1 atom stereocenters. The van der Waals surface area contributed by atoms with Crippen molar-refractivity contribution in [3.63, 3.8) is 0 Å². The van der Waals surface area contributed by atoms with E-state index < -0.39 is 5.97 Å². The Kier molecular flexibility index (Phi) is 5.15. The first kappa shape index (κ1) is 19.3. The van der Waals surface area contributed by atoms with Crippen molar-refractivity contribution in [1.29, 1.82) is 0 Å². The Balaban J connectivity index is 1.93. The molecule has 0 bridgehead atoms. The van der Waals surface area contributed by atoms with Gasteiger partial charge in [-0.1, -0.05) is 43.3 Å². The van der Waals surface area contributed by atoms with Crippen LogP contribution in [-0.2, 0) is 11.3 Å². The van der Waals surface area contributed by atoms with E-state index in [0.717, 1.165) is 55.6 Å². The molecule has 28 heavy (non-hydrogen) atoms. The smallest absolute Gasteiger partial charge is 0.304 e. The summed E-state index contributed by atoms with van der Waals surface area (Å²) in [5, 5.41) is 11.3. The van der Waals surface area contributed by atoms with E-state index in [4.69, 9.17) is 11.6 Å². The number of aromatic nitrogens is 2. The monoisotopic (exact) mass is 414 g/mol. The molecule has 2 aromatic heterocycles. The molecular weight excluding hydrogens is 392 g/mol. The predicted octanol–water partition coefficient (Wildman–Crippen LogP) is 6.23. The second-order valence-electron chi connectivity index (χ2n) is 7.71. The number of fused-ring (bicyclic) bond motifs is 3. The molecule has 4 rings (SSSR count). The highest BCUT2D eigenvalue weighted by molar-refractivity contribution is 7.99. The minimum absolute atomic E-state index is 0.0216. The molecule has 0 amide bonds. The molecule has 1 aliphatic heterocycles. The first-order chi connectivity index (χ1) is 13.4. The molecule has 1 N–H and O–H groups in total. The van der Waals surface area contributed by atoms with E-state index in [0.29, 0.717) is 0 Å². The number of carbonyl (C=O) groups is 1. The topological polar surface area (TPSA) is 55.1 Å². The number of pyridine rings is 1. The van der Waals surface area contributed by atoms with Gasteiger partial charge in [-0.15, -0.1) is 0 Å². The lowest BCUT2D eigenvalue weighted by Crippen LogP contribution is -2.04. The number of hydrogen-bond acceptors (Lipinski definition) is 3. The number of hydrogen-bond donors (Lipinski definition) is 1. The fourth-order valence-corrected chi connectivity index (χ4v) is 5.57. The Morgan fingerprint density at radius 3 is 2.86 bits per heavy atom. The first-order valence-corrected chi connectivity index (χ1v) is 10.7. The maximum absolute atomic E-state index is 11.5. The van der Waals surface area contributed by atoms with Gasteiger partial charge in [-0.25, -0.2) is 0 Å². The fourth-order valence-electron chi connectivity index (χ4n) is 4.08. The van der Waals surface area contributed by atoms with Crippen molar-refractivity contribution < 1.29 is 9.90 Å². The van der Waals surface area contributed by atoms with E-state index in [1.165, 1.54) is 0 Å². The van der Waals surface area contributed by atoms with Crippen molar-refractivity contribution in [2.45, 2.75) is 61.8 Å². The van der Waals surface area contributed by atoms with Crippen LogP contribution in [0, 0.1) is 6.92 Å². The van der Waals surface area contributed by atoms with Gasteiger partial charge in [-0.05, 0) is 43.0 Å². The van der Waals surface area contributed by atoms with Crippen LogP contribution in [0.4, 0.5) is 0 Å². The number of aliphatic carboxylic acids is 1. The quantitative estimate of drug-likeness (QED) is 0.537. The summed E-state index contributed by atoms with van der Waals surface area (Å²) in [6, 6.07) is 8.15. The molecule has 6 heteroatoms. The highest BCUT2D eigenvalue weighted by Crippen LogP contribution is 2.48. The average Bonchev–Trinajstić information content (AvgIpc) is 3.17. The Morgan fingerprint density at radius 1 is 1.39 bits per heavy atom. The van der Waals surface area contributed by atoms with Crippen LogP contribution in [0.15, 0.2) is 40.3 Å². The summed E-state index contributed by atoms with van der Waals surface area (Å²) >= 11 is 8.04. The molecule has 1 unspecified atom stereocenters. The van der Waals surface area contributed by atoms with Crippen LogP contribution < -0.4 is 0 Å². The largest absolute Gasteiger partial charge is 0.481 e.